The summed E-state index contributed by atoms with van der Waals surface area (Å²) in [5.74, 6) is -0.268. The molecule has 15 heavy (non-hydrogen) atoms. The molecule has 2 rings (SSSR count). The van der Waals surface area contributed by atoms with E-state index >= 15 is 0 Å². The lowest BCUT2D eigenvalue weighted by atomic mass is 10.1. The van der Waals surface area contributed by atoms with E-state index in [2.05, 4.69) is 20.9 Å². The molecule has 0 amide bonds. The number of aromatic nitrogens is 1. The Bertz CT molecular complexity index is 404. The first-order valence-electron chi connectivity index (χ1n) is 5.07. The largest absolute Gasteiger partial charge is 0.462 e. The molecular formula is C11H12BrNO2. The van der Waals surface area contributed by atoms with Gasteiger partial charge in [0.25, 0.3) is 0 Å². The Morgan fingerprint density at radius 3 is 3.13 bits per heavy atom. The summed E-state index contributed by atoms with van der Waals surface area (Å²) in [6.45, 7) is 2.21. The normalized spacial score (nSPS) is 13.7. The second-order valence-corrected chi connectivity index (χ2v) is 4.25. The lowest BCUT2D eigenvalue weighted by Crippen LogP contribution is -2.10. The van der Waals surface area contributed by atoms with E-state index in [1.54, 1.807) is 0 Å². The molecule has 0 saturated carbocycles. The van der Waals surface area contributed by atoms with Gasteiger partial charge < -0.3 is 4.74 Å². The maximum atomic E-state index is 11.7. The molecular weight excluding hydrogens is 258 g/mol. The van der Waals surface area contributed by atoms with Crippen LogP contribution in [0, 0.1) is 0 Å². The van der Waals surface area contributed by atoms with Gasteiger partial charge in [-0.25, -0.2) is 9.78 Å². The topological polar surface area (TPSA) is 39.2 Å². The summed E-state index contributed by atoms with van der Waals surface area (Å²) in [6, 6.07) is 0. The second-order valence-electron chi connectivity index (χ2n) is 3.50. The van der Waals surface area contributed by atoms with Gasteiger partial charge in [0.2, 0.25) is 0 Å². The maximum Gasteiger partial charge on any atom is 0.341 e. The zero-order valence-electron chi connectivity index (χ0n) is 8.55. The molecule has 0 aromatic carbocycles. The number of hydrogen-bond donors (Lipinski definition) is 0. The van der Waals surface area contributed by atoms with Gasteiger partial charge in [0, 0.05) is 6.20 Å². The number of nitrogens with zero attached hydrogens (tertiary/aromatic N) is 1. The van der Waals surface area contributed by atoms with Crippen LogP contribution >= 0.6 is 15.9 Å². The SMILES string of the molecule is CCOC(=O)c1c(Br)ncc2c1CCC2. The fourth-order valence-corrected chi connectivity index (χ4v) is 2.43. The number of hydrogen-bond acceptors (Lipinski definition) is 3. The average Bonchev–Trinajstić information content (AvgIpc) is 2.65. The smallest absolute Gasteiger partial charge is 0.341 e. The van der Waals surface area contributed by atoms with Gasteiger partial charge in [-0.2, -0.15) is 0 Å². The van der Waals surface area contributed by atoms with Crippen LogP contribution in [0.1, 0.15) is 34.8 Å². The monoisotopic (exact) mass is 269 g/mol. The highest BCUT2D eigenvalue weighted by atomic mass is 79.9. The van der Waals surface area contributed by atoms with Crippen LogP contribution < -0.4 is 0 Å². The Labute approximate surface area is 97.0 Å². The first kappa shape index (κ1) is 10.6. The summed E-state index contributed by atoms with van der Waals surface area (Å²) in [4.78, 5) is 15.9. The van der Waals surface area contributed by atoms with Crippen LogP contribution in [0.2, 0.25) is 0 Å². The van der Waals surface area contributed by atoms with E-state index < -0.39 is 0 Å². The van der Waals surface area contributed by atoms with Crippen LogP contribution in [0.25, 0.3) is 0 Å². The molecule has 1 heterocycles. The molecule has 0 fully saturated rings. The zero-order valence-corrected chi connectivity index (χ0v) is 10.1. The number of carbonyl (C=O) groups is 1. The molecule has 4 heteroatoms. The fraction of sp³-hybridized carbons (Fsp3) is 0.455. The van der Waals surface area contributed by atoms with E-state index in [1.165, 1.54) is 5.56 Å². The number of carbonyl (C=O) groups excluding carboxylic acids is 1. The van der Waals surface area contributed by atoms with Gasteiger partial charge in [-0.3, -0.25) is 0 Å². The molecule has 0 spiro atoms. The molecule has 1 aromatic heterocycles. The highest BCUT2D eigenvalue weighted by Gasteiger charge is 2.23. The first-order valence-corrected chi connectivity index (χ1v) is 5.86. The number of fused-ring (bicyclic) bond motifs is 1. The third kappa shape index (κ3) is 1.91. The van der Waals surface area contributed by atoms with Crippen LogP contribution in [0.15, 0.2) is 10.8 Å². The first-order chi connectivity index (χ1) is 7.24. The van der Waals surface area contributed by atoms with E-state index in [9.17, 15) is 4.79 Å². The van der Waals surface area contributed by atoms with Crippen LogP contribution in [-0.4, -0.2) is 17.6 Å². The molecule has 0 atom stereocenters. The molecule has 3 nitrogen and oxygen atoms in total. The summed E-state index contributed by atoms with van der Waals surface area (Å²) in [5.41, 5.74) is 2.91. The molecule has 1 aliphatic rings. The van der Waals surface area contributed by atoms with Gasteiger partial charge >= 0.3 is 5.97 Å². The molecule has 0 saturated heterocycles. The number of rotatable bonds is 2. The van der Waals surface area contributed by atoms with Gasteiger partial charge in [-0.05, 0) is 53.2 Å². The number of pyridine rings is 1. The molecule has 0 N–H and O–H groups in total. The maximum absolute atomic E-state index is 11.7. The molecule has 0 bridgehead atoms. The summed E-state index contributed by atoms with van der Waals surface area (Å²) < 4.78 is 5.62. The van der Waals surface area contributed by atoms with Crippen molar-refractivity contribution in [2.24, 2.45) is 0 Å². The van der Waals surface area contributed by atoms with Crippen molar-refractivity contribution in [2.45, 2.75) is 26.2 Å². The van der Waals surface area contributed by atoms with Crippen LogP contribution in [0.4, 0.5) is 0 Å². The third-order valence-corrected chi connectivity index (χ3v) is 3.18. The van der Waals surface area contributed by atoms with E-state index in [1.807, 2.05) is 13.1 Å². The summed E-state index contributed by atoms with van der Waals surface area (Å²) in [7, 11) is 0. The molecule has 0 aliphatic heterocycles. The van der Waals surface area contributed by atoms with Crippen molar-refractivity contribution in [3.63, 3.8) is 0 Å². The van der Waals surface area contributed by atoms with E-state index in [0.717, 1.165) is 24.8 Å². The third-order valence-electron chi connectivity index (χ3n) is 2.58. The number of halogens is 1. The lowest BCUT2D eigenvalue weighted by molar-refractivity contribution is 0.0523. The van der Waals surface area contributed by atoms with Crippen molar-refractivity contribution in [3.8, 4) is 0 Å². The molecule has 0 unspecified atom stereocenters. The highest BCUT2D eigenvalue weighted by molar-refractivity contribution is 9.10. The van der Waals surface area contributed by atoms with Crippen LogP contribution in [0.5, 0.6) is 0 Å². The average molecular weight is 270 g/mol. The number of ether oxygens (including phenoxy) is 1. The van der Waals surface area contributed by atoms with E-state index in [0.29, 0.717) is 16.8 Å². The molecule has 0 radical (unpaired) electrons. The van der Waals surface area contributed by atoms with Gasteiger partial charge in [-0.15, -0.1) is 0 Å². The fourth-order valence-electron chi connectivity index (χ4n) is 1.93. The Hall–Kier alpha value is -0.900. The Kier molecular flexibility index (Phi) is 3.05. The Morgan fingerprint density at radius 2 is 2.40 bits per heavy atom. The number of esters is 1. The Morgan fingerprint density at radius 1 is 1.60 bits per heavy atom. The van der Waals surface area contributed by atoms with Crippen molar-refractivity contribution >= 4 is 21.9 Å². The standard InChI is InChI=1S/C11H12BrNO2/c1-2-15-11(14)9-8-5-3-4-7(8)6-13-10(9)12/h6H,2-5H2,1H3. The van der Waals surface area contributed by atoms with Crippen molar-refractivity contribution < 1.29 is 9.53 Å². The molecule has 1 aliphatic carbocycles. The molecule has 1 aromatic rings. The Balaban J connectivity index is 2.45. The van der Waals surface area contributed by atoms with Gasteiger partial charge in [0.05, 0.1) is 12.2 Å². The second kappa shape index (κ2) is 4.31. The number of aryl methyl sites for hydroxylation is 1. The highest BCUT2D eigenvalue weighted by Crippen LogP contribution is 2.29. The van der Waals surface area contributed by atoms with Gasteiger partial charge in [0.1, 0.15) is 4.60 Å². The van der Waals surface area contributed by atoms with E-state index in [-0.39, 0.29) is 5.97 Å². The van der Waals surface area contributed by atoms with Gasteiger partial charge in [0.15, 0.2) is 0 Å². The minimum atomic E-state index is -0.268. The van der Waals surface area contributed by atoms with Crippen molar-refractivity contribution in [3.05, 3.63) is 27.5 Å². The van der Waals surface area contributed by atoms with Crippen molar-refractivity contribution in [2.75, 3.05) is 6.61 Å². The minimum absolute atomic E-state index is 0.268. The van der Waals surface area contributed by atoms with Crippen molar-refractivity contribution in [1.82, 2.24) is 4.98 Å². The van der Waals surface area contributed by atoms with Gasteiger partial charge in [-0.1, -0.05) is 0 Å². The quantitative estimate of drug-likeness (QED) is 0.612. The summed E-state index contributed by atoms with van der Waals surface area (Å²) >= 11 is 3.31. The minimum Gasteiger partial charge on any atom is -0.462 e. The summed E-state index contributed by atoms with van der Waals surface area (Å²) in [6.07, 6.45) is 4.90. The van der Waals surface area contributed by atoms with Crippen LogP contribution in [0.3, 0.4) is 0 Å². The van der Waals surface area contributed by atoms with Crippen molar-refractivity contribution in [1.29, 1.82) is 0 Å². The van der Waals surface area contributed by atoms with Crippen LogP contribution in [-0.2, 0) is 17.6 Å². The predicted octanol–water partition coefficient (Wildman–Crippen LogP) is 2.51. The lowest BCUT2D eigenvalue weighted by Gasteiger charge is -2.08. The predicted molar refractivity (Wildman–Crippen MR) is 59.9 cm³/mol. The zero-order chi connectivity index (χ0) is 10.8. The van der Waals surface area contributed by atoms with E-state index in [4.69, 9.17) is 4.74 Å². The molecule has 80 valence electrons. The summed E-state index contributed by atoms with van der Waals surface area (Å²) in [5, 5.41) is 0.